The van der Waals surface area contributed by atoms with Gasteiger partial charge in [-0.1, -0.05) is 46.4 Å². The van der Waals surface area contributed by atoms with Crippen LogP contribution in [0.2, 0.25) is 20.1 Å². The van der Waals surface area contributed by atoms with E-state index in [4.69, 9.17) is 63.6 Å². The Morgan fingerprint density at radius 2 is 1.51 bits per heavy atom. The molecule has 1 amide bonds. The molecule has 2 aromatic carbocycles. The van der Waals surface area contributed by atoms with E-state index >= 15 is 0 Å². The zero-order valence-corrected chi connectivity index (χ0v) is 22.6. The first-order valence-corrected chi connectivity index (χ1v) is 13.2. The van der Waals surface area contributed by atoms with E-state index in [0.717, 1.165) is 12.1 Å². The Hall–Kier alpha value is -2.75. The van der Waals surface area contributed by atoms with Gasteiger partial charge in [0.25, 0.3) is 5.96 Å². The van der Waals surface area contributed by atoms with Gasteiger partial charge in [-0.2, -0.15) is 4.72 Å². The van der Waals surface area contributed by atoms with E-state index in [0.29, 0.717) is 5.56 Å². The monoisotopic (exact) mass is 614 g/mol. The molecule has 2 rings (SSSR count). The summed E-state index contributed by atoms with van der Waals surface area (Å²) in [5, 5.41) is 17.6. The standard InChI is InChI=1S/C19H22Cl4N8O5S/c20-11-4-9(5-12(21)16(11)24)8-28-18(32)15(2-1-3-27-19(26)29-31(33)34)30-37(35,36)10-6-13(22)17(25)14(23)7-10/h4-7,15,30H,1-3,8,24-25H2,(H,28,32)(H3,26,27,29)/t15-/m1/s1. The van der Waals surface area contributed by atoms with Crippen LogP contribution in [0.1, 0.15) is 18.4 Å². The number of nitro groups is 1. The number of benzene rings is 2. The van der Waals surface area contributed by atoms with E-state index in [1.807, 2.05) is 0 Å². The Balaban J connectivity index is 2.20. The van der Waals surface area contributed by atoms with Crippen LogP contribution in [0.15, 0.2) is 34.3 Å². The van der Waals surface area contributed by atoms with Gasteiger partial charge < -0.3 is 27.8 Å². The largest absolute Gasteiger partial charge is 0.396 e. The summed E-state index contributed by atoms with van der Waals surface area (Å²) in [6.07, 6.45) is 0.126. The van der Waals surface area contributed by atoms with Crippen molar-refractivity contribution in [2.75, 3.05) is 18.0 Å². The van der Waals surface area contributed by atoms with Crippen LogP contribution in [0.4, 0.5) is 11.4 Å². The van der Waals surface area contributed by atoms with Crippen molar-refractivity contribution in [2.24, 2.45) is 10.8 Å². The first-order valence-electron chi connectivity index (χ1n) is 10.2. The Morgan fingerprint density at radius 1 is 1.00 bits per heavy atom. The van der Waals surface area contributed by atoms with Gasteiger partial charge in [-0.15, -0.1) is 0 Å². The minimum atomic E-state index is -4.29. The van der Waals surface area contributed by atoms with E-state index in [1.54, 1.807) is 0 Å². The number of carbonyl (C=O) groups is 1. The molecule has 1 atom stereocenters. The Labute approximate surface area is 231 Å². The van der Waals surface area contributed by atoms with Gasteiger partial charge in [-0.05, 0) is 42.7 Å². The van der Waals surface area contributed by atoms with Gasteiger partial charge in [0.1, 0.15) is 11.1 Å². The fraction of sp³-hybridized carbons (Fsp3) is 0.263. The molecule has 0 heterocycles. The number of carbonyl (C=O) groups excluding carboxylic acids is 1. The number of nitrogens with two attached hydrogens (primary N) is 3. The number of guanidine groups is 1. The molecule has 0 bridgehead atoms. The maximum atomic E-state index is 13.0. The molecule has 0 aromatic heterocycles. The lowest BCUT2D eigenvalue weighted by atomic mass is 10.1. The quantitative estimate of drug-likeness (QED) is 0.0544. The van der Waals surface area contributed by atoms with E-state index in [2.05, 4.69) is 20.5 Å². The molecule has 9 N–H and O–H groups in total. The number of anilines is 2. The molecule has 202 valence electrons. The number of sulfonamides is 1. The zero-order valence-electron chi connectivity index (χ0n) is 18.8. The summed E-state index contributed by atoms with van der Waals surface area (Å²) in [7, 11) is -4.29. The highest BCUT2D eigenvalue weighted by Gasteiger charge is 2.26. The lowest BCUT2D eigenvalue weighted by Crippen LogP contribution is -2.47. The summed E-state index contributed by atoms with van der Waals surface area (Å²) in [6.45, 7) is 0.00832. The third-order valence-electron chi connectivity index (χ3n) is 4.75. The number of hydrogen-bond donors (Lipinski definition) is 6. The molecule has 37 heavy (non-hydrogen) atoms. The number of nitrogens with one attached hydrogen (secondary N) is 3. The fourth-order valence-corrected chi connectivity index (χ4v) is 5.34. The molecule has 2 aromatic rings. The second-order valence-corrected chi connectivity index (χ2v) is 10.8. The molecular formula is C19H22Cl4N8O5S. The van der Waals surface area contributed by atoms with Crippen molar-refractivity contribution < 1.29 is 18.2 Å². The number of nitrogens with zero attached hydrogens (tertiary/aromatic N) is 2. The van der Waals surface area contributed by atoms with Gasteiger partial charge in [0.15, 0.2) is 5.03 Å². The molecule has 0 unspecified atom stereocenters. The van der Waals surface area contributed by atoms with Crippen LogP contribution in [0.3, 0.4) is 0 Å². The summed E-state index contributed by atoms with van der Waals surface area (Å²) in [5.41, 5.74) is 17.4. The van der Waals surface area contributed by atoms with Crippen LogP contribution in [-0.2, 0) is 21.4 Å². The average Bonchev–Trinajstić information content (AvgIpc) is 2.80. The smallest absolute Gasteiger partial charge is 0.266 e. The number of nitrogen functional groups attached to an aromatic ring is 2. The molecule has 0 spiro atoms. The van der Waals surface area contributed by atoms with Crippen molar-refractivity contribution in [1.82, 2.24) is 15.4 Å². The number of hydrogen-bond acceptors (Lipinski definition) is 7. The topological polar surface area (TPSA) is 221 Å². The van der Waals surface area contributed by atoms with Gasteiger partial charge >= 0.3 is 0 Å². The van der Waals surface area contributed by atoms with Gasteiger partial charge in [0.05, 0.1) is 36.4 Å². The maximum absolute atomic E-state index is 13.0. The summed E-state index contributed by atoms with van der Waals surface area (Å²) in [5.74, 6) is -1.14. The molecule has 0 aliphatic rings. The van der Waals surface area contributed by atoms with Gasteiger partial charge in [0.2, 0.25) is 15.9 Å². The first kappa shape index (κ1) is 30.5. The van der Waals surface area contributed by atoms with Gasteiger partial charge in [0, 0.05) is 13.1 Å². The van der Waals surface area contributed by atoms with Crippen LogP contribution in [0.5, 0.6) is 0 Å². The van der Waals surface area contributed by atoms with E-state index in [-0.39, 0.29) is 62.3 Å². The molecule has 0 aliphatic heterocycles. The number of halogens is 4. The SMILES string of the molecule is N/C(=N/[N+](=O)[O-])NCCC[C@@H](NS(=O)(=O)c1cc(Cl)c(N)c(Cl)c1)C(=O)NCc1cc(Cl)c(N)c(Cl)c1. The summed E-state index contributed by atoms with van der Waals surface area (Å²) in [4.78, 5) is 23.0. The van der Waals surface area contributed by atoms with Crippen molar-refractivity contribution in [3.05, 3.63) is 60.0 Å². The molecule has 13 nitrogen and oxygen atoms in total. The lowest BCUT2D eigenvalue weighted by Gasteiger charge is -2.19. The highest BCUT2D eigenvalue weighted by Crippen LogP contribution is 2.31. The normalized spacial score (nSPS) is 12.7. The predicted molar refractivity (Wildman–Crippen MR) is 144 cm³/mol. The van der Waals surface area contributed by atoms with Crippen molar-refractivity contribution in [3.8, 4) is 0 Å². The molecule has 18 heteroatoms. The molecule has 0 saturated heterocycles. The molecular weight excluding hydrogens is 594 g/mol. The Bertz CT molecular complexity index is 1280. The third-order valence-corrected chi connectivity index (χ3v) is 7.45. The van der Waals surface area contributed by atoms with Crippen LogP contribution < -0.4 is 32.6 Å². The number of amides is 1. The van der Waals surface area contributed by atoms with E-state index < -0.39 is 33.0 Å². The predicted octanol–water partition coefficient (Wildman–Crippen LogP) is 2.30. The Kier molecular flexibility index (Phi) is 10.8. The van der Waals surface area contributed by atoms with E-state index in [9.17, 15) is 23.3 Å². The van der Waals surface area contributed by atoms with Crippen LogP contribution >= 0.6 is 46.4 Å². The Morgan fingerprint density at radius 3 is 2.03 bits per heavy atom. The lowest BCUT2D eigenvalue weighted by molar-refractivity contribution is -0.485. The van der Waals surface area contributed by atoms with Crippen molar-refractivity contribution in [3.63, 3.8) is 0 Å². The third kappa shape index (κ3) is 8.94. The molecule has 0 aliphatic carbocycles. The van der Waals surface area contributed by atoms with Crippen molar-refractivity contribution >= 4 is 79.7 Å². The molecule has 0 saturated carbocycles. The molecule has 0 radical (unpaired) electrons. The number of hydrazone groups is 1. The van der Waals surface area contributed by atoms with Crippen molar-refractivity contribution in [1.29, 1.82) is 0 Å². The van der Waals surface area contributed by atoms with Crippen LogP contribution in [-0.4, -0.2) is 37.9 Å². The van der Waals surface area contributed by atoms with Crippen LogP contribution in [0.25, 0.3) is 0 Å². The zero-order chi connectivity index (χ0) is 27.9. The summed E-state index contributed by atoms with van der Waals surface area (Å²) < 4.78 is 28.3. The summed E-state index contributed by atoms with van der Waals surface area (Å²) >= 11 is 23.9. The second kappa shape index (κ2) is 13.2. The second-order valence-electron chi connectivity index (χ2n) is 7.46. The average molecular weight is 616 g/mol. The van der Waals surface area contributed by atoms with Crippen molar-refractivity contribution in [2.45, 2.75) is 30.3 Å². The minimum Gasteiger partial charge on any atom is -0.396 e. The van der Waals surface area contributed by atoms with Gasteiger partial charge in [-0.25, -0.2) is 18.5 Å². The van der Waals surface area contributed by atoms with E-state index in [1.165, 1.54) is 12.1 Å². The van der Waals surface area contributed by atoms with Gasteiger partial charge in [-0.3, -0.25) is 4.79 Å². The first-order chi connectivity index (χ1) is 17.2. The minimum absolute atomic E-state index is 0.00236. The highest BCUT2D eigenvalue weighted by atomic mass is 35.5. The molecule has 0 fully saturated rings. The fourth-order valence-electron chi connectivity index (χ4n) is 2.91. The highest BCUT2D eigenvalue weighted by molar-refractivity contribution is 7.89. The van der Waals surface area contributed by atoms with Crippen LogP contribution in [0, 0.1) is 10.1 Å². The number of rotatable bonds is 11. The summed E-state index contributed by atoms with van der Waals surface area (Å²) in [6, 6.07) is 3.91. The maximum Gasteiger partial charge on any atom is 0.266 e.